The first-order chi connectivity index (χ1) is 9.33. The van der Waals surface area contributed by atoms with Gasteiger partial charge in [-0.05, 0) is 18.2 Å². The van der Waals surface area contributed by atoms with E-state index in [9.17, 15) is 0 Å². The standard InChI is InChI=1S/C14H22N2O3/c1-17-13-2-3-14(12(10-13)11-15)19-9-6-16-4-7-18-8-5-16/h2-3,10H,4-9,11,15H2,1H3. The van der Waals surface area contributed by atoms with E-state index in [1.165, 1.54) is 0 Å². The minimum Gasteiger partial charge on any atom is -0.497 e. The maximum absolute atomic E-state index is 5.81. The lowest BCUT2D eigenvalue weighted by atomic mass is 10.2. The van der Waals surface area contributed by atoms with Gasteiger partial charge >= 0.3 is 0 Å². The quantitative estimate of drug-likeness (QED) is 0.828. The second-order valence-electron chi connectivity index (χ2n) is 4.48. The monoisotopic (exact) mass is 266 g/mol. The Balaban J connectivity index is 1.84. The van der Waals surface area contributed by atoms with Gasteiger partial charge in [-0.15, -0.1) is 0 Å². The van der Waals surface area contributed by atoms with Gasteiger partial charge in [-0.25, -0.2) is 0 Å². The topological polar surface area (TPSA) is 57.0 Å². The fraction of sp³-hybridized carbons (Fsp3) is 0.571. The van der Waals surface area contributed by atoms with Gasteiger partial charge in [0.05, 0.1) is 20.3 Å². The number of nitrogens with zero attached hydrogens (tertiary/aromatic N) is 1. The smallest absolute Gasteiger partial charge is 0.124 e. The molecule has 1 fully saturated rings. The molecular formula is C14H22N2O3. The highest BCUT2D eigenvalue weighted by molar-refractivity contribution is 5.40. The summed E-state index contributed by atoms with van der Waals surface area (Å²) in [7, 11) is 1.65. The molecule has 1 aromatic rings. The lowest BCUT2D eigenvalue weighted by molar-refractivity contribution is 0.0322. The van der Waals surface area contributed by atoms with Gasteiger partial charge in [-0.2, -0.15) is 0 Å². The van der Waals surface area contributed by atoms with Crippen molar-refractivity contribution in [3.8, 4) is 11.5 Å². The first-order valence-corrected chi connectivity index (χ1v) is 6.63. The molecule has 1 heterocycles. The molecule has 1 aromatic carbocycles. The SMILES string of the molecule is COc1ccc(OCCN2CCOCC2)c(CN)c1. The Morgan fingerprint density at radius 1 is 1.32 bits per heavy atom. The van der Waals surface area contributed by atoms with Crippen molar-refractivity contribution in [2.75, 3.05) is 46.6 Å². The first kappa shape index (κ1) is 14.1. The molecule has 0 aromatic heterocycles. The Kier molecular flexibility index (Phi) is 5.44. The molecule has 2 N–H and O–H groups in total. The van der Waals surface area contributed by atoms with Crippen molar-refractivity contribution >= 4 is 0 Å². The molecule has 0 spiro atoms. The molecule has 1 aliphatic rings. The molecule has 5 heteroatoms. The van der Waals surface area contributed by atoms with Crippen LogP contribution in [0, 0.1) is 0 Å². The minimum atomic E-state index is 0.448. The molecule has 5 nitrogen and oxygen atoms in total. The summed E-state index contributed by atoms with van der Waals surface area (Å²) < 4.78 is 16.3. The Morgan fingerprint density at radius 2 is 2.11 bits per heavy atom. The van der Waals surface area contributed by atoms with Crippen molar-refractivity contribution in [3.63, 3.8) is 0 Å². The normalized spacial score (nSPS) is 16.3. The lowest BCUT2D eigenvalue weighted by Crippen LogP contribution is -2.38. The minimum absolute atomic E-state index is 0.448. The summed E-state index contributed by atoms with van der Waals surface area (Å²) in [6, 6.07) is 5.73. The second-order valence-corrected chi connectivity index (χ2v) is 4.48. The van der Waals surface area contributed by atoms with Gasteiger partial charge in [0.2, 0.25) is 0 Å². The van der Waals surface area contributed by atoms with E-state index in [1.807, 2.05) is 18.2 Å². The predicted octanol–water partition coefficient (Wildman–Crippen LogP) is 0.865. The van der Waals surface area contributed by atoms with E-state index in [0.717, 1.165) is 49.9 Å². The van der Waals surface area contributed by atoms with Crippen molar-refractivity contribution in [2.45, 2.75) is 6.54 Å². The summed E-state index contributed by atoms with van der Waals surface area (Å²) in [4.78, 5) is 2.34. The van der Waals surface area contributed by atoms with Gasteiger partial charge in [-0.3, -0.25) is 4.90 Å². The summed E-state index contributed by atoms with van der Waals surface area (Å²) in [5.41, 5.74) is 6.70. The highest BCUT2D eigenvalue weighted by Gasteiger charge is 2.10. The second kappa shape index (κ2) is 7.33. The van der Waals surface area contributed by atoms with Crippen LogP contribution in [0.3, 0.4) is 0 Å². The van der Waals surface area contributed by atoms with Crippen LogP contribution in [0.25, 0.3) is 0 Å². The average molecular weight is 266 g/mol. The Morgan fingerprint density at radius 3 is 2.79 bits per heavy atom. The lowest BCUT2D eigenvalue weighted by Gasteiger charge is -2.26. The van der Waals surface area contributed by atoms with Crippen molar-refractivity contribution in [1.29, 1.82) is 0 Å². The molecule has 0 radical (unpaired) electrons. The number of ether oxygens (including phenoxy) is 3. The third-order valence-electron chi connectivity index (χ3n) is 3.26. The van der Waals surface area contributed by atoms with Crippen LogP contribution in [0.1, 0.15) is 5.56 Å². The molecule has 0 amide bonds. The fourth-order valence-electron chi connectivity index (χ4n) is 2.09. The third-order valence-corrected chi connectivity index (χ3v) is 3.26. The number of benzene rings is 1. The van der Waals surface area contributed by atoms with Gasteiger partial charge in [0, 0.05) is 31.7 Å². The molecule has 2 rings (SSSR count). The van der Waals surface area contributed by atoms with E-state index in [4.69, 9.17) is 19.9 Å². The van der Waals surface area contributed by atoms with Crippen molar-refractivity contribution in [1.82, 2.24) is 4.90 Å². The van der Waals surface area contributed by atoms with Crippen LogP contribution in [0.15, 0.2) is 18.2 Å². The summed E-state index contributed by atoms with van der Waals surface area (Å²) in [6.07, 6.45) is 0. The number of hydrogen-bond acceptors (Lipinski definition) is 5. The van der Waals surface area contributed by atoms with Crippen LogP contribution in [0.2, 0.25) is 0 Å². The van der Waals surface area contributed by atoms with Crippen LogP contribution < -0.4 is 15.2 Å². The zero-order valence-corrected chi connectivity index (χ0v) is 11.4. The third kappa shape index (κ3) is 4.09. The highest BCUT2D eigenvalue weighted by Crippen LogP contribution is 2.23. The first-order valence-electron chi connectivity index (χ1n) is 6.63. The van der Waals surface area contributed by atoms with Crippen molar-refractivity contribution in [2.24, 2.45) is 5.73 Å². The molecule has 0 unspecified atom stereocenters. The largest absolute Gasteiger partial charge is 0.497 e. The van der Waals surface area contributed by atoms with E-state index in [0.29, 0.717) is 13.2 Å². The molecule has 0 atom stereocenters. The van der Waals surface area contributed by atoms with E-state index >= 15 is 0 Å². The molecule has 0 bridgehead atoms. The van der Waals surface area contributed by atoms with E-state index in [1.54, 1.807) is 7.11 Å². The summed E-state index contributed by atoms with van der Waals surface area (Å²) in [6.45, 7) is 5.63. The zero-order chi connectivity index (χ0) is 13.5. The van der Waals surface area contributed by atoms with E-state index in [2.05, 4.69) is 4.90 Å². The molecule has 1 aliphatic heterocycles. The van der Waals surface area contributed by atoms with Crippen molar-refractivity contribution in [3.05, 3.63) is 23.8 Å². The number of nitrogens with two attached hydrogens (primary N) is 1. The molecule has 1 saturated heterocycles. The molecule has 19 heavy (non-hydrogen) atoms. The number of morpholine rings is 1. The summed E-state index contributed by atoms with van der Waals surface area (Å²) in [5, 5.41) is 0. The Bertz CT molecular complexity index is 392. The maximum Gasteiger partial charge on any atom is 0.124 e. The van der Waals surface area contributed by atoms with Crippen LogP contribution >= 0.6 is 0 Å². The molecular weight excluding hydrogens is 244 g/mol. The fourth-order valence-corrected chi connectivity index (χ4v) is 2.09. The van der Waals surface area contributed by atoms with Crippen LogP contribution in [-0.4, -0.2) is 51.5 Å². The Labute approximate surface area is 114 Å². The Hall–Kier alpha value is -1.30. The zero-order valence-electron chi connectivity index (χ0n) is 11.4. The summed E-state index contributed by atoms with van der Waals surface area (Å²) >= 11 is 0. The van der Waals surface area contributed by atoms with Gasteiger partial charge in [-0.1, -0.05) is 0 Å². The van der Waals surface area contributed by atoms with E-state index < -0.39 is 0 Å². The number of rotatable bonds is 6. The van der Waals surface area contributed by atoms with Gasteiger partial charge in [0.15, 0.2) is 0 Å². The number of methoxy groups -OCH3 is 1. The molecule has 0 saturated carbocycles. The van der Waals surface area contributed by atoms with Crippen LogP contribution in [0.4, 0.5) is 0 Å². The predicted molar refractivity (Wildman–Crippen MR) is 73.6 cm³/mol. The van der Waals surface area contributed by atoms with Gasteiger partial charge < -0.3 is 19.9 Å². The van der Waals surface area contributed by atoms with Gasteiger partial charge in [0.25, 0.3) is 0 Å². The average Bonchev–Trinajstić information content (AvgIpc) is 2.48. The van der Waals surface area contributed by atoms with Crippen molar-refractivity contribution < 1.29 is 14.2 Å². The summed E-state index contributed by atoms with van der Waals surface area (Å²) in [5.74, 6) is 1.65. The molecule has 106 valence electrons. The highest BCUT2D eigenvalue weighted by atomic mass is 16.5. The molecule has 0 aliphatic carbocycles. The number of hydrogen-bond donors (Lipinski definition) is 1. The van der Waals surface area contributed by atoms with E-state index in [-0.39, 0.29) is 0 Å². The maximum atomic E-state index is 5.81. The van der Waals surface area contributed by atoms with Crippen LogP contribution in [0.5, 0.6) is 11.5 Å². The van der Waals surface area contributed by atoms with Crippen LogP contribution in [-0.2, 0) is 11.3 Å². The van der Waals surface area contributed by atoms with Gasteiger partial charge in [0.1, 0.15) is 18.1 Å².